The molecule has 1 saturated heterocycles. The van der Waals surface area contributed by atoms with Crippen LogP contribution in [-0.4, -0.2) is 49.4 Å². The number of esters is 1. The Hall–Kier alpha value is -1.59. The van der Waals surface area contributed by atoms with Crippen molar-refractivity contribution in [1.82, 2.24) is 10.2 Å². The first-order valence-corrected chi connectivity index (χ1v) is 7.14. The van der Waals surface area contributed by atoms with Crippen LogP contribution < -0.4 is 5.32 Å². The van der Waals surface area contributed by atoms with Crippen LogP contribution in [0.4, 0.5) is 0 Å². The van der Waals surface area contributed by atoms with Gasteiger partial charge in [-0.15, -0.1) is 0 Å². The van der Waals surface area contributed by atoms with E-state index in [1.54, 1.807) is 0 Å². The van der Waals surface area contributed by atoms with E-state index in [9.17, 15) is 14.4 Å². The van der Waals surface area contributed by atoms with Crippen molar-refractivity contribution in [1.29, 1.82) is 0 Å². The summed E-state index contributed by atoms with van der Waals surface area (Å²) in [6.45, 7) is 4.98. The zero-order valence-corrected chi connectivity index (χ0v) is 12.5. The molecule has 1 N–H and O–H groups in total. The third kappa shape index (κ3) is 4.51. The molecular formula is C14H24N2O4. The molecule has 0 aliphatic carbocycles. The molecule has 0 aromatic carbocycles. The average Bonchev–Trinajstić information content (AvgIpc) is 2.88. The van der Waals surface area contributed by atoms with Gasteiger partial charge in [0.15, 0.2) is 0 Å². The van der Waals surface area contributed by atoms with E-state index >= 15 is 0 Å². The molecule has 1 atom stereocenters. The van der Waals surface area contributed by atoms with Gasteiger partial charge in [0.05, 0.1) is 13.0 Å². The van der Waals surface area contributed by atoms with Gasteiger partial charge in [-0.1, -0.05) is 26.7 Å². The summed E-state index contributed by atoms with van der Waals surface area (Å²) in [5.74, 6) is -0.679. The van der Waals surface area contributed by atoms with Gasteiger partial charge in [0.25, 0.3) is 0 Å². The van der Waals surface area contributed by atoms with Gasteiger partial charge in [0.1, 0.15) is 6.54 Å². The molecule has 2 amide bonds. The smallest absolute Gasteiger partial charge is 0.325 e. The maximum absolute atomic E-state index is 12.4. The van der Waals surface area contributed by atoms with Crippen LogP contribution >= 0.6 is 0 Å². The first kappa shape index (κ1) is 16.5. The number of amides is 2. The minimum Gasteiger partial charge on any atom is -0.468 e. The van der Waals surface area contributed by atoms with Gasteiger partial charge in [0, 0.05) is 19.5 Å². The fourth-order valence-electron chi connectivity index (χ4n) is 2.35. The van der Waals surface area contributed by atoms with Gasteiger partial charge >= 0.3 is 5.97 Å². The summed E-state index contributed by atoms with van der Waals surface area (Å²) in [7, 11) is 1.31. The number of nitrogens with zero attached hydrogens (tertiary/aromatic N) is 1. The number of hydrogen-bond donors (Lipinski definition) is 1. The molecule has 20 heavy (non-hydrogen) atoms. The number of ether oxygens (including phenoxy) is 1. The molecule has 1 aliphatic heterocycles. The van der Waals surface area contributed by atoms with Crippen LogP contribution in [0.15, 0.2) is 0 Å². The summed E-state index contributed by atoms with van der Waals surface area (Å²) in [5.41, 5.74) is 0. The Balaban J connectivity index is 2.72. The topological polar surface area (TPSA) is 75.7 Å². The maximum atomic E-state index is 12.4. The molecular weight excluding hydrogens is 260 g/mol. The molecule has 0 bridgehead atoms. The summed E-state index contributed by atoms with van der Waals surface area (Å²) in [6, 6.07) is 0. The summed E-state index contributed by atoms with van der Waals surface area (Å²) in [5, 5.41) is 2.65. The van der Waals surface area contributed by atoms with Crippen molar-refractivity contribution in [3.63, 3.8) is 0 Å². The summed E-state index contributed by atoms with van der Waals surface area (Å²) in [4.78, 5) is 36.7. The van der Waals surface area contributed by atoms with Gasteiger partial charge < -0.3 is 15.0 Å². The molecule has 0 radical (unpaired) electrons. The number of rotatable bonds is 7. The van der Waals surface area contributed by atoms with E-state index in [-0.39, 0.29) is 30.7 Å². The monoisotopic (exact) mass is 284 g/mol. The van der Waals surface area contributed by atoms with E-state index in [4.69, 9.17) is 0 Å². The second-order valence-corrected chi connectivity index (χ2v) is 5.18. The largest absolute Gasteiger partial charge is 0.468 e. The molecule has 1 heterocycles. The van der Waals surface area contributed by atoms with Crippen molar-refractivity contribution in [3.8, 4) is 0 Å². The van der Waals surface area contributed by atoms with Crippen LogP contribution in [0.5, 0.6) is 0 Å². The van der Waals surface area contributed by atoms with Crippen LogP contribution in [0, 0.1) is 11.8 Å². The first-order valence-electron chi connectivity index (χ1n) is 7.14. The Morgan fingerprint density at radius 1 is 1.40 bits per heavy atom. The Bertz CT molecular complexity index is 366. The van der Waals surface area contributed by atoms with Gasteiger partial charge in [-0.3, -0.25) is 14.4 Å². The lowest BCUT2D eigenvalue weighted by Crippen LogP contribution is -2.43. The van der Waals surface area contributed by atoms with Gasteiger partial charge in [-0.05, 0) is 5.92 Å². The van der Waals surface area contributed by atoms with Crippen LogP contribution in [0.2, 0.25) is 0 Å². The van der Waals surface area contributed by atoms with Crippen LogP contribution in [-0.2, 0) is 19.1 Å². The van der Waals surface area contributed by atoms with E-state index in [0.717, 1.165) is 12.8 Å². The molecule has 1 rings (SSSR count). The van der Waals surface area contributed by atoms with Crippen LogP contribution in [0.1, 0.15) is 33.1 Å². The normalized spacial score (nSPS) is 18.0. The highest BCUT2D eigenvalue weighted by Gasteiger charge is 2.32. The van der Waals surface area contributed by atoms with Crippen LogP contribution in [0.25, 0.3) is 0 Å². The summed E-state index contributed by atoms with van der Waals surface area (Å²) >= 11 is 0. The zero-order valence-electron chi connectivity index (χ0n) is 12.5. The SMILES string of the molecule is CCC(CC)CN(CC(=O)OC)C(=O)C1CNC(=O)C1. The van der Waals surface area contributed by atoms with E-state index in [1.165, 1.54) is 12.0 Å². The maximum Gasteiger partial charge on any atom is 0.325 e. The number of hydrogen-bond acceptors (Lipinski definition) is 4. The minimum absolute atomic E-state index is 0.0451. The second kappa shape index (κ2) is 7.87. The lowest BCUT2D eigenvalue weighted by Gasteiger charge is -2.27. The van der Waals surface area contributed by atoms with E-state index < -0.39 is 5.97 Å². The summed E-state index contributed by atoms with van der Waals surface area (Å²) < 4.78 is 4.65. The standard InChI is InChI=1S/C14H24N2O4/c1-4-10(5-2)8-16(9-13(18)20-3)14(19)11-6-12(17)15-7-11/h10-11H,4-9H2,1-3H3,(H,15,17). The molecule has 0 aromatic heterocycles. The third-order valence-electron chi connectivity index (χ3n) is 3.82. The quantitative estimate of drug-likeness (QED) is 0.693. The van der Waals surface area contributed by atoms with Gasteiger partial charge in [-0.25, -0.2) is 0 Å². The van der Waals surface area contributed by atoms with E-state index in [0.29, 0.717) is 19.0 Å². The highest BCUT2D eigenvalue weighted by Crippen LogP contribution is 2.16. The fourth-order valence-corrected chi connectivity index (χ4v) is 2.35. The number of carbonyl (C=O) groups is 3. The minimum atomic E-state index is -0.429. The molecule has 6 heteroatoms. The Kier molecular flexibility index (Phi) is 6.48. The number of nitrogens with one attached hydrogen (secondary N) is 1. The summed E-state index contributed by atoms with van der Waals surface area (Å²) in [6.07, 6.45) is 2.10. The van der Waals surface area contributed by atoms with Gasteiger partial charge in [0.2, 0.25) is 11.8 Å². The predicted molar refractivity (Wildman–Crippen MR) is 73.8 cm³/mol. The lowest BCUT2D eigenvalue weighted by atomic mass is 10.0. The predicted octanol–water partition coefficient (Wildman–Crippen LogP) is 0.560. The average molecular weight is 284 g/mol. The molecule has 1 fully saturated rings. The highest BCUT2D eigenvalue weighted by atomic mass is 16.5. The molecule has 0 spiro atoms. The first-order chi connectivity index (χ1) is 9.51. The Morgan fingerprint density at radius 2 is 2.05 bits per heavy atom. The van der Waals surface area contributed by atoms with Gasteiger partial charge in [-0.2, -0.15) is 0 Å². The lowest BCUT2D eigenvalue weighted by molar-refractivity contribution is -0.148. The fraction of sp³-hybridized carbons (Fsp3) is 0.786. The van der Waals surface area contributed by atoms with E-state index in [1.807, 2.05) is 0 Å². The van der Waals surface area contributed by atoms with Crippen molar-refractivity contribution in [2.45, 2.75) is 33.1 Å². The molecule has 1 unspecified atom stereocenters. The highest BCUT2D eigenvalue weighted by molar-refractivity contribution is 5.90. The van der Waals surface area contributed by atoms with Crippen molar-refractivity contribution >= 4 is 17.8 Å². The third-order valence-corrected chi connectivity index (χ3v) is 3.82. The molecule has 0 saturated carbocycles. The molecule has 0 aromatic rings. The van der Waals surface area contributed by atoms with Crippen molar-refractivity contribution < 1.29 is 19.1 Å². The molecule has 1 aliphatic rings. The second-order valence-electron chi connectivity index (χ2n) is 5.18. The number of carbonyl (C=O) groups excluding carboxylic acids is 3. The van der Waals surface area contributed by atoms with Crippen molar-refractivity contribution in [2.75, 3.05) is 26.7 Å². The molecule has 6 nitrogen and oxygen atoms in total. The van der Waals surface area contributed by atoms with Crippen LogP contribution in [0.3, 0.4) is 0 Å². The Morgan fingerprint density at radius 3 is 2.50 bits per heavy atom. The Labute approximate surface area is 119 Å². The molecule has 114 valence electrons. The van der Waals surface area contributed by atoms with Crippen molar-refractivity contribution in [2.24, 2.45) is 11.8 Å². The van der Waals surface area contributed by atoms with E-state index in [2.05, 4.69) is 23.9 Å². The van der Waals surface area contributed by atoms with Crippen molar-refractivity contribution in [3.05, 3.63) is 0 Å². The number of methoxy groups -OCH3 is 1. The zero-order chi connectivity index (χ0) is 15.1.